The monoisotopic (exact) mass is 860 g/mol. The molecule has 0 amide bonds. The first kappa shape index (κ1) is 38.5. The summed E-state index contributed by atoms with van der Waals surface area (Å²) in [6.45, 7) is 13.8. The average Bonchev–Trinajstić information content (AvgIpc) is 3.97. The second-order valence-corrected chi connectivity index (χ2v) is 21.0. The molecule has 0 saturated heterocycles. The highest BCUT2D eigenvalue weighted by atomic mass is 15.2. The summed E-state index contributed by atoms with van der Waals surface area (Å²) in [5, 5.41) is 7.77. The molecule has 0 atom stereocenters. The summed E-state index contributed by atoms with van der Waals surface area (Å²) in [6.07, 6.45) is 0. The van der Waals surface area contributed by atoms with Crippen molar-refractivity contribution in [3.8, 4) is 5.69 Å². The molecule has 0 unspecified atom stereocenters. The van der Waals surface area contributed by atoms with E-state index >= 15 is 0 Å². The Labute approximate surface area is 391 Å². The third-order valence-electron chi connectivity index (χ3n) is 15.1. The SMILES string of the molecule is CC(C)(C)c1ccc(N(c2ccc(C(C)(C)C)cc2)c2cc3c4c(c2)-n2c5cc6c(cc5c5cccc(c52)B4c2ccccc2N3c2ccccc2)c2cccc3c4ccccc4n6c32)cc1. The molecule has 14 rings (SSSR count). The quantitative estimate of drug-likeness (QED) is 0.164. The Morgan fingerprint density at radius 2 is 0.940 bits per heavy atom. The van der Waals surface area contributed by atoms with Gasteiger partial charge < -0.3 is 18.8 Å². The van der Waals surface area contributed by atoms with Crippen LogP contribution in [0, 0.1) is 0 Å². The van der Waals surface area contributed by atoms with Crippen molar-refractivity contribution in [2.24, 2.45) is 0 Å². The highest BCUT2D eigenvalue weighted by Gasteiger charge is 2.43. The van der Waals surface area contributed by atoms with Crippen LogP contribution in [0.15, 0.2) is 188 Å². The van der Waals surface area contributed by atoms with E-state index in [1.54, 1.807) is 0 Å². The number of hydrogen-bond acceptors (Lipinski definition) is 2. The fourth-order valence-corrected chi connectivity index (χ4v) is 12.0. The van der Waals surface area contributed by atoms with Crippen LogP contribution in [0.25, 0.3) is 65.6 Å². The van der Waals surface area contributed by atoms with Gasteiger partial charge in [-0.3, -0.25) is 0 Å². The molecule has 2 aliphatic rings. The molecule has 0 radical (unpaired) electrons. The fourth-order valence-electron chi connectivity index (χ4n) is 12.0. The molecule has 5 heteroatoms. The number of anilines is 6. The van der Waals surface area contributed by atoms with Gasteiger partial charge in [0.1, 0.15) is 0 Å². The number of nitrogens with zero attached hydrogens (tertiary/aromatic N) is 4. The van der Waals surface area contributed by atoms with Crippen molar-refractivity contribution in [3.05, 3.63) is 199 Å². The zero-order chi connectivity index (χ0) is 45.1. The van der Waals surface area contributed by atoms with Gasteiger partial charge in [-0.2, -0.15) is 0 Å². The summed E-state index contributed by atoms with van der Waals surface area (Å²) in [7, 11) is 0. The number of benzene rings is 9. The number of para-hydroxylation sites is 5. The standard InChI is InChI=1S/C62H49BN4/c1-61(2,3)38-26-30-41(31-27-38)64(42-32-28-39(29-33-42)62(4,5)6)43-34-56-58-57(35-43)67-55-37-54-48(46-20-14-19-45-44-18-10-12-24-52(44)66(54)59(45)46)36-49(55)47-21-15-23-51(60(47)67)63(58)50-22-11-13-25-53(50)65(56)40-16-8-7-9-17-40/h7-37H,1-6H3. The van der Waals surface area contributed by atoms with Gasteiger partial charge in [0.25, 0.3) is 6.71 Å². The zero-order valence-electron chi connectivity index (χ0n) is 38.8. The van der Waals surface area contributed by atoms with Gasteiger partial charge in [0.2, 0.25) is 0 Å². The van der Waals surface area contributed by atoms with Gasteiger partial charge in [0, 0.05) is 72.0 Å². The Bertz CT molecular complexity index is 3940. The predicted octanol–water partition coefficient (Wildman–Crippen LogP) is 14.6. The van der Waals surface area contributed by atoms with E-state index in [4.69, 9.17) is 0 Å². The van der Waals surface area contributed by atoms with Gasteiger partial charge in [0.15, 0.2) is 0 Å². The normalized spacial score (nSPS) is 13.5. The summed E-state index contributed by atoms with van der Waals surface area (Å²) >= 11 is 0. The topological polar surface area (TPSA) is 15.8 Å². The largest absolute Gasteiger partial charge is 0.311 e. The molecule has 0 N–H and O–H groups in total. The van der Waals surface area contributed by atoms with E-state index in [1.807, 2.05) is 0 Å². The molecule has 9 aromatic carbocycles. The molecular formula is C62H49BN4. The molecule has 12 aromatic rings. The number of rotatable bonds is 4. The Balaban J connectivity index is 1.13. The van der Waals surface area contributed by atoms with Gasteiger partial charge in [-0.05, 0) is 111 Å². The van der Waals surface area contributed by atoms with Crippen molar-refractivity contribution in [1.29, 1.82) is 0 Å². The molecule has 0 aliphatic carbocycles. The van der Waals surface area contributed by atoms with E-state index < -0.39 is 0 Å². The predicted molar refractivity (Wildman–Crippen MR) is 287 cm³/mol. The second-order valence-electron chi connectivity index (χ2n) is 21.0. The van der Waals surface area contributed by atoms with Crippen LogP contribution in [-0.4, -0.2) is 15.7 Å². The summed E-state index contributed by atoms with van der Waals surface area (Å²) in [6, 6.07) is 71.4. The molecule has 320 valence electrons. The lowest BCUT2D eigenvalue weighted by molar-refractivity contribution is 0.590. The van der Waals surface area contributed by atoms with Crippen LogP contribution >= 0.6 is 0 Å². The Hall–Kier alpha value is -7.76. The molecule has 2 aliphatic heterocycles. The Kier molecular flexibility index (Phi) is 7.71. The second kappa shape index (κ2) is 13.4. The highest BCUT2D eigenvalue weighted by molar-refractivity contribution is 7.00. The minimum absolute atomic E-state index is 0.0286. The molecule has 3 aromatic heterocycles. The van der Waals surface area contributed by atoms with Crippen LogP contribution in [-0.2, 0) is 10.8 Å². The van der Waals surface area contributed by atoms with Crippen molar-refractivity contribution in [2.75, 3.05) is 9.80 Å². The number of aromatic nitrogens is 2. The highest BCUT2D eigenvalue weighted by Crippen LogP contribution is 2.48. The molecule has 0 spiro atoms. The zero-order valence-corrected chi connectivity index (χ0v) is 38.8. The van der Waals surface area contributed by atoms with E-state index in [2.05, 4.69) is 248 Å². The van der Waals surface area contributed by atoms with E-state index in [-0.39, 0.29) is 17.5 Å². The Morgan fingerprint density at radius 3 is 1.64 bits per heavy atom. The third-order valence-corrected chi connectivity index (χ3v) is 15.1. The van der Waals surface area contributed by atoms with E-state index in [9.17, 15) is 0 Å². The van der Waals surface area contributed by atoms with Gasteiger partial charge in [0.05, 0.1) is 27.8 Å². The number of hydrogen-bond donors (Lipinski definition) is 0. The maximum atomic E-state index is 2.63. The van der Waals surface area contributed by atoms with Crippen LogP contribution in [0.5, 0.6) is 0 Å². The summed E-state index contributed by atoms with van der Waals surface area (Å²) < 4.78 is 5.15. The molecule has 0 bridgehead atoms. The van der Waals surface area contributed by atoms with Crippen molar-refractivity contribution in [2.45, 2.75) is 52.4 Å². The molecular weight excluding hydrogens is 812 g/mol. The van der Waals surface area contributed by atoms with E-state index in [0.717, 1.165) is 22.7 Å². The lowest BCUT2D eigenvalue weighted by Crippen LogP contribution is -2.60. The molecule has 4 nitrogen and oxygen atoms in total. The maximum absolute atomic E-state index is 2.63. The van der Waals surface area contributed by atoms with Gasteiger partial charge in [-0.1, -0.05) is 157 Å². The Morgan fingerprint density at radius 1 is 0.388 bits per heavy atom. The molecule has 67 heavy (non-hydrogen) atoms. The van der Waals surface area contributed by atoms with E-state index in [0.29, 0.717) is 0 Å². The third kappa shape index (κ3) is 5.31. The van der Waals surface area contributed by atoms with Crippen LogP contribution in [0.1, 0.15) is 52.7 Å². The first-order valence-corrected chi connectivity index (χ1v) is 23.8. The summed E-state index contributed by atoms with van der Waals surface area (Å²) in [4.78, 5) is 5.00. The molecule has 0 saturated carbocycles. The van der Waals surface area contributed by atoms with Crippen LogP contribution in [0.3, 0.4) is 0 Å². The van der Waals surface area contributed by atoms with Crippen LogP contribution in [0.4, 0.5) is 34.1 Å². The number of fused-ring (bicyclic) bond motifs is 13. The van der Waals surface area contributed by atoms with E-state index in [1.165, 1.54) is 104 Å². The first-order chi connectivity index (χ1) is 32.5. The summed E-state index contributed by atoms with van der Waals surface area (Å²) in [5.41, 5.74) is 21.1. The van der Waals surface area contributed by atoms with Gasteiger partial charge in [-0.15, -0.1) is 0 Å². The lowest BCUT2D eigenvalue weighted by Gasteiger charge is -2.41. The van der Waals surface area contributed by atoms with Crippen LogP contribution in [0.2, 0.25) is 0 Å². The lowest BCUT2D eigenvalue weighted by atomic mass is 9.34. The average molecular weight is 861 g/mol. The van der Waals surface area contributed by atoms with Gasteiger partial charge >= 0.3 is 0 Å². The minimum Gasteiger partial charge on any atom is -0.311 e. The summed E-state index contributed by atoms with van der Waals surface area (Å²) in [5.74, 6) is 0. The first-order valence-electron chi connectivity index (χ1n) is 23.8. The fraction of sp³-hybridized carbons (Fsp3) is 0.129. The van der Waals surface area contributed by atoms with Crippen molar-refractivity contribution in [3.63, 3.8) is 0 Å². The smallest absolute Gasteiger partial charge is 0.252 e. The van der Waals surface area contributed by atoms with Crippen molar-refractivity contribution in [1.82, 2.24) is 8.97 Å². The maximum Gasteiger partial charge on any atom is 0.252 e. The van der Waals surface area contributed by atoms with Crippen LogP contribution < -0.4 is 26.2 Å². The molecule has 0 fully saturated rings. The van der Waals surface area contributed by atoms with Crippen molar-refractivity contribution < 1.29 is 0 Å². The minimum atomic E-state index is 0.0286. The van der Waals surface area contributed by atoms with Crippen molar-refractivity contribution >= 4 is 117 Å². The van der Waals surface area contributed by atoms with Gasteiger partial charge in [-0.25, -0.2) is 0 Å². The molecule has 5 heterocycles.